The van der Waals surface area contributed by atoms with Crippen LogP contribution in [0.3, 0.4) is 0 Å². The Hall–Kier alpha value is -2.14. The second kappa shape index (κ2) is 20.2. The van der Waals surface area contributed by atoms with Crippen LogP contribution in [0.2, 0.25) is 0 Å². The van der Waals surface area contributed by atoms with Gasteiger partial charge < -0.3 is 33.2 Å². The van der Waals surface area contributed by atoms with Crippen LogP contribution in [-0.2, 0) is 42.7 Å². The molecule has 0 heterocycles. The molecule has 152 valence electrons. The minimum absolute atomic E-state index is 0.121. The minimum atomic E-state index is -0.702. The van der Waals surface area contributed by atoms with Crippen molar-refractivity contribution in [2.24, 2.45) is 0 Å². The number of carbonyl (C=O) groups excluding carboxylic acids is 2. The van der Waals surface area contributed by atoms with E-state index in [2.05, 4.69) is 9.47 Å². The smallest absolute Gasteiger partial charge is 0.384 e. The molecule has 0 saturated carbocycles. The molecular weight excluding hydrogens is 360 g/mol. The molecule has 0 aliphatic carbocycles. The molecule has 0 unspecified atom stereocenters. The Morgan fingerprint density at radius 3 is 0.926 bits per heavy atom. The lowest BCUT2D eigenvalue weighted by molar-refractivity contribution is -0.139. The molecule has 0 radical (unpaired) electrons. The Bertz CT molecular complexity index is 422. The molecule has 0 aromatic heterocycles. The molecule has 0 fully saturated rings. The van der Waals surface area contributed by atoms with Gasteiger partial charge in [0.25, 0.3) is 0 Å². The van der Waals surface area contributed by atoms with Crippen molar-refractivity contribution in [1.29, 1.82) is 0 Å². The summed E-state index contributed by atoms with van der Waals surface area (Å²) in [6.45, 7) is 4.15. The molecular formula is C18H26O9. The van der Waals surface area contributed by atoms with Gasteiger partial charge in [-0.2, -0.15) is 0 Å². The summed E-state index contributed by atoms with van der Waals surface area (Å²) in [5.41, 5.74) is 0. The van der Waals surface area contributed by atoms with E-state index in [1.807, 2.05) is 11.8 Å². The van der Waals surface area contributed by atoms with Crippen LogP contribution in [0.1, 0.15) is 0 Å². The zero-order valence-corrected chi connectivity index (χ0v) is 15.3. The van der Waals surface area contributed by atoms with E-state index in [9.17, 15) is 9.59 Å². The van der Waals surface area contributed by atoms with E-state index in [0.717, 1.165) is 0 Å². The zero-order chi connectivity index (χ0) is 20.0. The number of ether oxygens (including phenoxy) is 7. The lowest BCUT2D eigenvalue weighted by Gasteiger charge is -2.08. The molecule has 9 nitrogen and oxygen atoms in total. The number of hydrogen-bond acceptors (Lipinski definition) is 9. The first kappa shape index (κ1) is 24.9. The van der Waals surface area contributed by atoms with Gasteiger partial charge in [-0.15, -0.1) is 12.8 Å². The third kappa shape index (κ3) is 20.0. The van der Waals surface area contributed by atoms with Crippen molar-refractivity contribution in [3.05, 3.63) is 0 Å². The average molecular weight is 386 g/mol. The van der Waals surface area contributed by atoms with Crippen LogP contribution < -0.4 is 0 Å². The van der Waals surface area contributed by atoms with E-state index < -0.39 is 11.9 Å². The van der Waals surface area contributed by atoms with Gasteiger partial charge >= 0.3 is 11.9 Å². The summed E-state index contributed by atoms with van der Waals surface area (Å²) in [5, 5.41) is 0. The predicted octanol–water partition coefficient (Wildman–Crippen LogP) is -0.578. The van der Waals surface area contributed by atoms with Crippen LogP contribution in [0.4, 0.5) is 0 Å². The highest BCUT2D eigenvalue weighted by molar-refractivity contribution is 5.87. The fourth-order valence-electron chi connectivity index (χ4n) is 1.45. The maximum absolute atomic E-state index is 10.6. The summed E-state index contributed by atoms with van der Waals surface area (Å²) in [4.78, 5) is 21.3. The zero-order valence-electron chi connectivity index (χ0n) is 15.3. The SMILES string of the molecule is C#CC(=O)OCCOCCOCCOCCOCCOCCOC(=O)C#C. The molecule has 0 aliphatic heterocycles. The Balaban J connectivity index is 3.07. The van der Waals surface area contributed by atoms with Gasteiger partial charge in [0.05, 0.1) is 66.1 Å². The molecule has 9 heteroatoms. The van der Waals surface area contributed by atoms with Gasteiger partial charge in [-0.1, -0.05) is 0 Å². The monoisotopic (exact) mass is 386 g/mol. The quantitative estimate of drug-likeness (QED) is 0.133. The van der Waals surface area contributed by atoms with E-state index >= 15 is 0 Å². The highest BCUT2D eigenvalue weighted by Gasteiger charge is 1.97. The Morgan fingerprint density at radius 2 is 0.704 bits per heavy atom. The van der Waals surface area contributed by atoms with Gasteiger partial charge in [-0.25, -0.2) is 9.59 Å². The summed E-state index contributed by atoms with van der Waals surface area (Å²) in [6.07, 6.45) is 9.66. The van der Waals surface area contributed by atoms with E-state index in [1.54, 1.807) is 0 Å². The van der Waals surface area contributed by atoms with Crippen LogP contribution in [0.25, 0.3) is 0 Å². The summed E-state index contributed by atoms with van der Waals surface area (Å²) in [6, 6.07) is 0. The van der Waals surface area contributed by atoms with Crippen molar-refractivity contribution in [3.63, 3.8) is 0 Å². The van der Waals surface area contributed by atoms with Crippen LogP contribution in [-0.4, -0.2) is 91.2 Å². The first-order valence-electron chi connectivity index (χ1n) is 8.36. The van der Waals surface area contributed by atoms with Crippen LogP contribution in [0.15, 0.2) is 0 Å². The fourth-order valence-corrected chi connectivity index (χ4v) is 1.45. The largest absolute Gasteiger partial charge is 0.454 e. The molecule has 0 amide bonds. The number of esters is 2. The van der Waals surface area contributed by atoms with Crippen molar-refractivity contribution in [3.8, 4) is 24.7 Å². The summed E-state index contributed by atoms with van der Waals surface area (Å²) >= 11 is 0. The highest BCUT2D eigenvalue weighted by atomic mass is 16.6. The molecule has 0 bridgehead atoms. The molecule has 0 aromatic rings. The molecule has 0 saturated heterocycles. The molecule has 0 rings (SSSR count). The number of hydrogen-bond donors (Lipinski definition) is 0. The number of rotatable bonds is 18. The summed E-state index contributed by atoms with van der Waals surface area (Å²) < 4.78 is 35.5. The first-order valence-corrected chi connectivity index (χ1v) is 8.36. The standard InChI is InChI=1S/C18H26O9/c1-3-17(19)26-15-13-24-11-9-22-7-5-21-6-8-23-10-12-25-14-16-27-18(20)4-2/h1-2H,5-16H2. The van der Waals surface area contributed by atoms with E-state index in [-0.39, 0.29) is 26.4 Å². The highest BCUT2D eigenvalue weighted by Crippen LogP contribution is 1.85. The predicted molar refractivity (Wildman–Crippen MR) is 93.7 cm³/mol. The lowest BCUT2D eigenvalue weighted by atomic mass is 10.6. The minimum Gasteiger partial charge on any atom is -0.454 e. The summed E-state index contributed by atoms with van der Waals surface area (Å²) in [7, 11) is 0. The molecule has 0 spiro atoms. The van der Waals surface area contributed by atoms with Crippen molar-refractivity contribution in [1.82, 2.24) is 0 Å². The fraction of sp³-hybridized carbons (Fsp3) is 0.667. The second-order valence-corrected chi connectivity index (χ2v) is 4.62. The van der Waals surface area contributed by atoms with E-state index in [1.165, 1.54) is 0 Å². The van der Waals surface area contributed by atoms with Crippen LogP contribution in [0.5, 0.6) is 0 Å². The maximum atomic E-state index is 10.6. The topological polar surface area (TPSA) is 98.8 Å². The Kier molecular flexibility index (Phi) is 18.6. The lowest BCUT2D eigenvalue weighted by Crippen LogP contribution is -2.15. The number of carbonyl (C=O) groups is 2. The molecule has 0 atom stereocenters. The van der Waals surface area contributed by atoms with Gasteiger partial charge in [0.1, 0.15) is 13.2 Å². The molecule has 0 N–H and O–H groups in total. The van der Waals surface area contributed by atoms with Gasteiger partial charge in [0.15, 0.2) is 0 Å². The Labute approximate surface area is 159 Å². The third-order valence-electron chi connectivity index (χ3n) is 2.65. The second-order valence-electron chi connectivity index (χ2n) is 4.62. The van der Waals surface area contributed by atoms with Crippen molar-refractivity contribution in [2.75, 3.05) is 79.3 Å². The van der Waals surface area contributed by atoms with Gasteiger partial charge in [0, 0.05) is 11.8 Å². The molecule has 0 aromatic carbocycles. The van der Waals surface area contributed by atoms with Gasteiger partial charge in [-0.3, -0.25) is 0 Å². The summed E-state index contributed by atoms with van der Waals surface area (Å²) in [5.74, 6) is 2.27. The van der Waals surface area contributed by atoms with E-state index in [0.29, 0.717) is 52.9 Å². The Morgan fingerprint density at radius 1 is 0.481 bits per heavy atom. The van der Waals surface area contributed by atoms with Crippen molar-refractivity contribution in [2.45, 2.75) is 0 Å². The normalized spacial score (nSPS) is 10.0. The van der Waals surface area contributed by atoms with Gasteiger partial charge in [0.2, 0.25) is 0 Å². The maximum Gasteiger partial charge on any atom is 0.384 e. The van der Waals surface area contributed by atoms with Crippen molar-refractivity contribution >= 4 is 11.9 Å². The van der Waals surface area contributed by atoms with Crippen molar-refractivity contribution < 1.29 is 42.7 Å². The van der Waals surface area contributed by atoms with Crippen LogP contribution >= 0.6 is 0 Å². The van der Waals surface area contributed by atoms with Gasteiger partial charge in [-0.05, 0) is 0 Å². The molecule has 0 aliphatic rings. The van der Waals surface area contributed by atoms with Crippen LogP contribution in [0, 0.1) is 24.7 Å². The number of terminal acetylenes is 2. The molecule has 27 heavy (non-hydrogen) atoms. The third-order valence-corrected chi connectivity index (χ3v) is 2.65. The van der Waals surface area contributed by atoms with E-state index in [4.69, 9.17) is 36.5 Å². The average Bonchev–Trinajstić information content (AvgIpc) is 2.69. The first-order chi connectivity index (χ1) is 13.2.